The van der Waals surface area contributed by atoms with E-state index in [0.29, 0.717) is 5.92 Å². The molecule has 2 nitrogen and oxygen atoms in total. The highest BCUT2D eigenvalue weighted by Gasteiger charge is 2.49. The molecule has 2 atom stereocenters. The molecule has 2 heteroatoms. The van der Waals surface area contributed by atoms with Gasteiger partial charge in [0, 0.05) is 37.0 Å². The van der Waals surface area contributed by atoms with Crippen LogP contribution in [0.2, 0.25) is 0 Å². The minimum atomic E-state index is -0.186. The molecule has 0 bridgehead atoms. The molecular formula is C28H32N2. The van der Waals surface area contributed by atoms with Crippen LogP contribution >= 0.6 is 0 Å². The topological polar surface area (TPSA) is 6.48 Å². The van der Waals surface area contributed by atoms with Gasteiger partial charge in [0.2, 0.25) is 0 Å². The second-order valence-electron chi connectivity index (χ2n) is 8.11. The Kier molecular flexibility index (Phi) is 6.23. The molecule has 4 rings (SSSR count). The van der Waals surface area contributed by atoms with Gasteiger partial charge in [0.1, 0.15) is 5.66 Å². The average molecular weight is 397 g/mol. The van der Waals surface area contributed by atoms with Crippen molar-refractivity contribution in [2.75, 3.05) is 11.4 Å². The van der Waals surface area contributed by atoms with E-state index in [-0.39, 0.29) is 5.66 Å². The lowest BCUT2D eigenvalue weighted by Crippen LogP contribution is -2.59. The van der Waals surface area contributed by atoms with Crippen molar-refractivity contribution in [1.29, 1.82) is 0 Å². The Labute approximate surface area is 181 Å². The van der Waals surface area contributed by atoms with E-state index in [2.05, 4.69) is 127 Å². The quantitative estimate of drug-likeness (QED) is 0.412. The molecule has 0 aromatic heterocycles. The van der Waals surface area contributed by atoms with Gasteiger partial charge < -0.3 is 9.80 Å². The molecule has 30 heavy (non-hydrogen) atoms. The third kappa shape index (κ3) is 3.75. The standard InChI is InChI=1S/C28H32N2/c1-3-20-29-21-22-30(26-18-12-7-13-19-26)28(29,23-24-14-8-5-9-15-24)27(4-2)25-16-10-6-11-17-25/h5-19,21-22,27H,3-4,20,23H2,1-2H3. The summed E-state index contributed by atoms with van der Waals surface area (Å²) in [5.41, 5.74) is 3.84. The molecule has 2 unspecified atom stereocenters. The van der Waals surface area contributed by atoms with E-state index in [1.807, 2.05) is 0 Å². The van der Waals surface area contributed by atoms with E-state index >= 15 is 0 Å². The number of para-hydroxylation sites is 1. The SMILES string of the molecule is CCCN1C=CN(c2ccccc2)C1(Cc1ccccc1)C(CC)c1ccccc1. The van der Waals surface area contributed by atoms with Crippen molar-refractivity contribution < 1.29 is 0 Å². The maximum absolute atomic E-state index is 2.59. The first-order valence-electron chi connectivity index (χ1n) is 11.2. The molecule has 0 fully saturated rings. The molecular weight excluding hydrogens is 364 g/mol. The first-order chi connectivity index (χ1) is 14.8. The van der Waals surface area contributed by atoms with Gasteiger partial charge in [-0.1, -0.05) is 92.7 Å². The maximum Gasteiger partial charge on any atom is 0.127 e. The van der Waals surface area contributed by atoms with Crippen LogP contribution in [0.1, 0.15) is 43.7 Å². The molecule has 3 aromatic rings. The predicted octanol–water partition coefficient (Wildman–Crippen LogP) is 6.82. The fraction of sp³-hybridized carbons (Fsp3) is 0.286. The smallest absolute Gasteiger partial charge is 0.127 e. The Balaban J connectivity index is 1.90. The van der Waals surface area contributed by atoms with Crippen LogP contribution in [0, 0.1) is 0 Å². The molecule has 0 amide bonds. The van der Waals surface area contributed by atoms with Crippen molar-refractivity contribution in [2.45, 2.75) is 44.7 Å². The Morgan fingerprint density at radius 1 is 0.733 bits per heavy atom. The zero-order valence-electron chi connectivity index (χ0n) is 18.1. The highest BCUT2D eigenvalue weighted by Crippen LogP contribution is 2.46. The van der Waals surface area contributed by atoms with Crippen molar-refractivity contribution in [3.63, 3.8) is 0 Å². The Hall–Kier alpha value is -3.00. The van der Waals surface area contributed by atoms with Gasteiger partial charge in [-0.3, -0.25) is 0 Å². The Morgan fingerprint density at radius 2 is 1.33 bits per heavy atom. The van der Waals surface area contributed by atoms with Crippen molar-refractivity contribution in [3.05, 3.63) is 115 Å². The number of benzene rings is 3. The fourth-order valence-corrected chi connectivity index (χ4v) is 5.04. The minimum absolute atomic E-state index is 0.186. The van der Waals surface area contributed by atoms with Crippen molar-refractivity contribution in [2.24, 2.45) is 0 Å². The summed E-state index contributed by atoms with van der Waals surface area (Å²) in [5, 5.41) is 0. The largest absolute Gasteiger partial charge is 0.352 e. The molecule has 154 valence electrons. The van der Waals surface area contributed by atoms with Crippen LogP contribution in [0.5, 0.6) is 0 Å². The molecule has 1 heterocycles. The summed E-state index contributed by atoms with van der Waals surface area (Å²) in [6.45, 7) is 5.64. The summed E-state index contributed by atoms with van der Waals surface area (Å²) in [5.74, 6) is 0.362. The second kappa shape index (κ2) is 9.21. The summed E-state index contributed by atoms with van der Waals surface area (Å²) in [7, 11) is 0. The van der Waals surface area contributed by atoms with Crippen LogP contribution < -0.4 is 4.90 Å². The molecule has 0 saturated heterocycles. The third-order valence-electron chi connectivity index (χ3n) is 6.28. The van der Waals surface area contributed by atoms with Crippen molar-refractivity contribution in [3.8, 4) is 0 Å². The molecule has 1 aliphatic heterocycles. The van der Waals surface area contributed by atoms with Gasteiger partial charge in [0.15, 0.2) is 0 Å². The number of rotatable bonds is 8. The number of hydrogen-bond donors (Lipinski definition) is 0. The van der Waals surface area contributed by atoms with Gasteiger partial charge in [0.25, 0.3) is 0 Å². The van der Waals surface area contributed by atoms with Gasteiger partial charge in [-0.2, -0.15) is 0 Å². The lowest BCUT2D eigenvalue weighted by molar-refractivity contribution is 0.127. The van der Waals surface area contributed by atoms with Crippen LogP contribution in [0.25, 0.3) is 0 Å². The monoisotopic (exact) mass is 396 g/mol. The maximum atomic E-state index is 2.59. The number of hydrogen-bond acceptors (Lipinski definition) is 2. The number of nitrogens with zero attached hydrogens (tertiary/aromatic N) is 2. The van der Waals surface area contributed by atoms with Gasteiger partial charge in [0.05, 0.1) is 0 Å². The van der Waals surface area contributed by atoms with E-state index in [9.17, 15) is 0 Å². The lowest BCUT2D eigenvalue weighted by Gasteiger charge is -2.51. The predicted molar refractivity (Wildman–Crippen MR) is 127 cm³/mol. The van der Waals surface area contributed by atoms with Crippen LogP contribution in [0.4, 0.5) is 5.69 Å². The lowest BCUT2D eigenvalue weighted by atomic mass is 9.78. The summed E-state index contributed by atoms with van der Waals surface area (Å²) < 4.78 is 0. The fourth-order valence-electron chi connectivity index (χ4n) is 5.04. The van der Waals surface area contributed by atoms with E-state index in [1.165, 1.54) is 16.8 Å². The second-order valence-corrected chi connectivity index (χ2v) is 8.11. The zero-order chi connectivity index (χ0) is 20.8. The molecule has 0 N–H and O–H groups in total. The van der Waals surface area contributed by atoms with E-state index in [0.717, 1.165) is 25.8 Å². The average Bonchev–Trinajstić information content (AvgIpc) is 3.15. The summed E-state index contributed by atoms with van der Waals surface area (Å²) >= 11 is 0. The molecule has 0 spiro atoms. The molecule has 0 saturated carbocycles. The van der Waals surface area contributed by atoms with Crippen LogP contribution in [0.15, 0.2) is 103 Å². The summed E-state index contributed by atoms with van der Waals surface area (Å²) in [4.78, 5) is 5.12. The van der Waals surface area contributed by atoms with Crippen LogP contribution in [-0.4, -0.2) is 17.1 Å². The van der Waals surface area contributed by atoms with Gasteiger partial charge in [-0.05, 0) is 36.1 Å². The molecule has 3 aromatic carbocycles. The normalized spacial score (nSPS) is 19.3. The molecule has 0 radical (unpaired) electrons. The molecule has 1 aliphatic rings. The van der Waals surface area contributed by atoms with Gasteiger partial charge in [-0.25, -0.2) is 0 Å². The van der Waals surface area contributed by atoms with Gasteiger partial charge >= 0.3 is 0 Å². The van der Waals surface area contributed by atoms with Crippen molar-refractivity contribution in [1.82, 2.24) is 4.90 Å². The third-order valence-corrected chi connectivity index (χ3v) is 6.28. The molecule has 0 aliphatic carbocycles. The highest BCUT2D eigenvalue weighted by molar-refractivity contribution is 5.56. The van der Waals surface area contributed by atoms with Crippen LogP contribution in [0.3, 0.4) is 0 Å². The van der Waals surface area contributed by atoms with E-state index in [4.69, 9.17) is 0 Å². The number of anilines is 1. The first kappa shape index (κ1) is 20.3. The first-order valence-corrected chi connectivity index (χ1v) is 11.2. The Morgan fingerprint density at radius 3 is 1.93 bits per heavy atom. The van der Waals surface area contributed by atoms with Gasteiger partial charge in [-0.15, -0.1) is 0 Å². The minimum Gasteiger partial charge on any atom is -0.352 e. The Bertz CT molecular complexity index is 936. The summed E-state index contributed by atoms with van der Waals surface area (Å²) in [6.07, 6.45) is 7.75. The van der Waals surface area contributed by atoms with Crippen molar-refractivity contribution >= 4 is 5.69 Å². The highest BCUT2D eigenvalue weighted by atomic mass is 15.4. The van der Waals surface area contributed by atoms with E-state index in [1.54, 1.807) is 0 Å². The zero-order valence-corrected chi connectivity index (χ0v) is 18.1. The van der Waals surface area contributed by atoms with E-state index < -0.39 is 0 Å². The summed E-state index contributed by atoms with van der Waals surface area (Å²) in [6, 6.07) is 32.9. The van der Waals surface area contributed by atoms with Crippen LogP contribution in [-0.2, 0) is 6.42 Å².